The van der Waals surface area contributed by atoms with E-state index in [1.54, 1.807) is 12.1 Å². The third-order valence-corrected chi connectivity index (χ3v) is 7.72. The van der Waals surface area contributed by atoms with E-state index in [1.165, 1.54) is 62.9 Å². The van der Waals surface area contributed by atoms with Crippen LogP contribution in [-0.4, -0.2) is 31.0 Å². The Bertz CT molecular complexity index is 1220. The normalized spacial score (nSPS) is 12.0. The standard InChI is InChI=1S/C19H19ClN2O6S2/c1-22(30(25,26)16-7-5-14(20)6-8-16)18-12-17(9-10-19(18)27-2)29(23,24)21-13-15-4-3-11-28-15/h3-12,21H,13H2,1-2H3. The zero-order valence-electron chi connectivity index (χ0n) is 16.1. The predicted molar refractivity (Wildman–Crippen MR) is 113 cm³/mol. The molecule has 0 saturated heterocycles. The van der Waals surface area contributed by atoms with Crippen LogP contribution in [0.25, 0.3) is 0 Å². The summed E-state index contributed by atoms with van der Waals surface area (Å²) in [6, 6.07) is 12.9. The zero-order chi connectivity index (χ0) is 21.9. The lowest BCUT2D eigenvalue weighted by Gasteiger charge is -2.22. The quantitative estimate of drug-likeness (QED) is 0.541. The molecule has 0 amide bonds. The maximum Gasteiger partial charge on any atom is 0.264 e. The van der Waals surface area contributed by atoms with Gasteiger partial charge in [0.15, 0.2) is 0 Å². The molecular weight excluding hydrogens is 452 g/mol. The van der Waals surface area contributed by atoms with Crippen molar-refractivity contribution in [3.05, 3.63) is 71.6 Å². The van der Waals surface area contributed by atoms with Gasteiger partial charge in [-0.05, 0) is 54.6 Å². The molecule has 2 aromatic carbocycles. The number of methoxy groups -OCH3 is 1. The number of anilines is 1. The summed E-state index contributed by atoms with van der Waals surface area (Å²) >= 11 is 5.83. The third-order valence-electron chi connectivity index (χ3n) is 4.29. The lowest BCUT2D eigenvalue weighted by Crippen LogP contribution is -2.28. The van der Waals surface area contributed by atoms with Crippen molar-refractivity contribution < 1.29 is 26.0 Å². The van der Waals surface area contributed by atoms with Gasteiger partial charge in [0.2, 0.25) is 10.0 Å². The fourth-order valence-corrected chi connectivity index (χ4v) is 4.98. The van der Waals surface area contributed by atoms with Crippen molar-refractivity contribution in [1.82, 2.24) is 4.72 Å². The van der Waals surface area contributed by atoms with Gasteiger partial charge in [-0.1, -0.05) is 11.6 Å². The van der Waals surface area contributed by atoms with Crippen LogP contribution in [0.15, 0.2) is 75.1 Å². The molecule has 1 aromatic heterocycles. The van der Waals surface area contributed by atoms with Crippen molar-refractivity contribution in [2.24, 2.45) is 0 Å². The largest absolute Gasteiger partial charge is 0.495 e. The molecule has 0 saturated carbocycles. The SMILES string of the molecule is COc1ccc(S(=O)(=O)NCc2ccco2)cc1N(C)S(=O)(=O)c1ccc(Cl)cc1. The van der Waals surface area contributed by atoms with Crippen LogP contribution in [-0.2, 0) is 26.6 Å². The van der Waals surface area contributed by atoms with E-state index >= 15 is 0 Å². The molecule has 0 spiro atoms. The van der Waals surface area contributed by atoms with Crippen molar-refractivity contribution in [2.45, 2.75) is 16.3 Å². The van der Waals surface area contributed by atoms with Gasteiger partial charge in [0.1, 0.15) is 11.5 Å². The maximum atomic E-state index is 13.0. The molecule has 1 heterocycles. The number of rotatable bonds is 8. The van der Waals surface area contributed by atoms with Gasteiger partial charge in [-0.25, -0.2) is 21.6 Å². The summed E-state index contributed by atoms with van der Waals surface area (Å²) in [6.45, 7) is -0.0460. The first kappa shape index (κ1) is 22.2. The Morgan fingerprint density at radius 3 is 2.30 bits per heavy atom. The maximum absolute atomic E-state index is 13.0. The van der Waals surface area contributed by atoms with Crippen molar-refractivity contribution >= 4 is 37.3 Å². The Kier molecular flexibility index (Phi) is 6.41. The number of nitrogens with zero attached hydrogens (tertiary/aromatic N) is 1. The smallest absolute Gasteiger partial charge is 0.264 e. The highest BCUT2D eigenvalue weighted by atomic mass is 35.5. The molecule has 30 heavy (non-hydrogen) atoms. The van der Waals surface area contributed by atoms with Gasteiger partial charge in [0, 0.05) is 12.1 Å². The van der Waals surface area contributed by atoms with E-state index in [0.29, 0.717) is 10.8 Å². The molecule has 0 aliphatic heterocycles. The minimum absolute atomic E-state index is 0.000609. The first-order chi connectivity index (χ1) is 14.1. The highest BCUT2D eigenvalue weighted by Crippen LogP contribution is 2.33. The van der Waals surface area contributed by atoms with Gasteiger partial charge in [-0.2, -0.15) is 0 Å². The van der Waals surface area contributed by atoms with E-state index < -0.39 is 20.0 Å². The van der Waals surface area contributed by atoms with Crippen LogP contribution in [0.1, 0.15) is 5.76 Å². The second-order valence-electron chi connectivity index (χ2n) is 6.16. The van der Waals surface area contributed by atoms with E-state index in [9.17, 15) is 16.8 Å². The van der Waals surface area contributed by atoms with Crippen molar-refractivity contribution in [3.63, 3.8) is 0 Å². The highest BCUT2D eigenvalue weighted by Gasteiger charge is 2.26. The minimum Gasteiger partial charge on any atom is -0.495 e. The molecule has 3 aromatic rings. The third kappa shape index (κ3) is 4.62. The van der Waals surface area contributed by atoms with Crippen LogP contribution < -0.4 is 13.8 Å². The van der Waals surface area contributed by atoms with E-state index in [4.69, 9.17) is 20.8 Å². The van der Waals surface area contributed by atoms with Gasteiger partial charge in [0.25, 0.3) is 10.0 Å². The van der Waals surface area contributed by atoms with Crippen LogP contribution >= 0.6 is 11.6 Å². The molecular formula is C19H19ClN2O6S2. The van der Waals surface area contributed by atoms with Crippen LogP contribution in [0, 0.1) is 0 Å². The molecule has 0 aliphatic carbocycles. The van der Waals surface area contributed by atoms with Crippen LogP contribution in [0.3, 0.4) is 0 Å². The van der Waals surface area contributed by atoms with Gasteiger partial charge >= 0.3 is 0 Å². The summed E-state index contributed by atoms with van der Waals surface area (Å²) in [6.07, 6.45) is 1.44. The number of halogens is 1. The number of nitrogens with one attached hydrogen (secondary N) is 1. The number of hydrogen-bond donors (Lipinski definition) is 1. The second-order valence-corrected chi connectivity index (χ2v) is 10.3. The summed E-state index contributed by atoms with van der Waals surface area (Å²) in [5, 5.41) is 0.393. The van der Waals surface area contributed by atoms with Crippen LogP contribution in [0.4, 0.5) is 5.69 Å². The predicted octanol–water partition coefficient (Wildman–Crippen LogP) is 3.25. The molecule has 0 atom stereocenters. The number of sulfonamides is 2. The lowest BCUT2D eigenvalue weighted by molar-refractivity contribution is 0.415. The lowest BCUT2D eigenvalue weighted by atomic mass is 10.3. The Labute approximate surface area is 180 Å². The first-order valence-corrected chi connectivity index (χ1v) is 11.9. The molecule has 3 rings (SSSR count). The summed E-state index contributed by atoms with van der Waals surface area (Å²) in [4.78, 5) is -0.122. The van der Waals surface area contributed by atoms with Crippen LogP contribution in [0.5, 0.6) is 5.75 Å². The van der Waals surface area contributed by atoms with Crippen molar-refractivity contribution in [2.75, 3.05) is 18.5 Å². The second kappa shape index (κ2) is 8.68. The molecule has 0 fully saturated rings. The van der Waals surface area contributed by atoms with Gasteiger partial charge in [-0.15, -0.1) is 0 Å². The summed E-state index contributed by atoms with van der Waals surface area (Å²) in [5.41, 5.74) is 0.0633. The highest BCUT2D eigenvalue weighted by molar-refractivity contribution is 7.92. The van der Waals surface area contributed by atoms with Gasteiger partial charge < -0.3 is 9.15 Å². The summed E-state index contributed by atoms with van der Waals surface area (Å²) < 4.78 is 65.1. The first-order valence-electron chi connectivity index (χ1n) is 8.60. The molecule has 8 nitrogen and oxygen atoms in total. The monoisotopic (exact) mass is 470 g/mol. The Morgan fingerprint density at radius 2 is 1.70 bits per heavy atom. The fraction of sp³-hybridized carbons (Fsp3) is 0.158. The molecule has 160 valence electrons. The van der Waals surface area contributed by atoms with Gasteiger partial charge in [-0.3, -0.25) is 4.31 Å². The van der Waals surface area contributed by atoms with E-state index in [-0.39, 0.29) is 27.8 Å². The number of furan rings is 1. The van der Waals surface area contributed by atoms with Gasteiger partial charge in [0.05, 0.1) is 35.4 Å². The average Bonchev–Trinajstić information content (AvgIpc) is 3.25. The van der Waals surface area contributed by atoms with Crippen molar-refractivity contribution in [3.8, 4) is 5.75 Å². The summed E-state index contributed by atoms with van der Waals surface area (Å²) in [7, 11) is -5.24. The average molecular weight is 471 g/mol. The molecule has 0 bridgehead atoms. The molecule has 11 heteroatoms. The number of hydrogen-bond acceptors (Lipinski definition) is 6. The molecule has 1 N–H and O–H groups in total. The topological polar surface area (TPSA) is 106 Å². The molecule has 0 aliphatic rings. The van der Waals surface area contributed by atoms with E-state index in [1.807, 2.05) is 0 Å². The van der Waals surface area contributed by atoms with E-state index in [0.717, 1.165) is 4.31 Å². The Morgan fingerprint density at radius 1 is 1.03 bits per heavy atom. The Balaban J connectivity index is 1.96. The fourth-order valence-electron chi connectivity index (χ4n) is 2.64. The van der Waals surface area contributed by atoms with Crippen LogP contribution in [0.2, 0.25) is 5.02 Å². The van der Waals surface area contributed by atoms with Crippen molar-refractivity contribution in [1.29, 1.82) is 0 Å². The Hall–Kier alpha value is -2.53. The molecule has 0 radical (unpaired) electrons. The van der Waals surface area contributed by atoms with E-state index in [2.05, 4.69) is 4.72 Å². The minimum atomic E-state index is -3.99. The number of ether oxygens (including phenoxy) is 1. The summed E-state index contributed by atoms with van der Waals surface area (Å²) in [5.74, 6) is 0.634. The zero-order valence-corrected chi connectivity index (χ0v) is 18.5. The number of benzene rings is 2. The molecule has 0 unspecified atom stereocenters.